The first-order valence-corrected chi connectivity index (χ1v) is 7.60. The maximum Gasteiger partial charge on any atom is 0.317 e. The van der Waals surface area contributed by atoms with Crippen molar-refractivity contribution < 1.29 is 19.0 Å². The lowest BCUT2D eigenvalue weighted by molar-refractivity contribution is 0.137. The molecule has 0 spiro atoms. The number of hydrogen-bond donors (Lipinski definition) is 2. The number of likely N-dealkylation sites (tertiary alicyclic amines) is 1. The Morgan fingerprint density at radius 2 is 2.18 bits per heavy atom. The maximum absolute atomic E-state index is 13.3. The third kappa shape index (κ3) is 4.34. The quantitative estimate of drug-likeness (QED) is 0.871. The van der Waals surface area contributed by atoms with Gasteiger partial charge >= 0.3 is 6.03 Å². The minimum atomic E-state index is -0.387. The van der Waals surface area contributed by atoms with E-state index >= 15 is 0 Å². The van der Waals surface area contributed by atoms with Crippen LogP contribution in [-0.4, -0.2) is 49.4 Å². The van der Waals surface area contributed by atoms with E-state index in [2.05, 4.69) is 5.32 Å². The molecule has 1 aliphatic heterocycles. The number of aliphatic hydroxyl groups is 1. The lowest BCUT2D eigenvalue weighted by Crippen LogP contribution is -2.45. The van der Waals surface area contributed by atoms with Crippen molar-refractivity contribution in [3.05, 3.63) is 29.6 Å². The van der Waals surface area contributed by atoms with Gasteiger partial charge in [0.1, 0.15) is 0 Å². The highest BCUT2D eigenvalue weighted by atomic mass is 19.1. The number of benzene rings is 1. The van der Waals surface area contributed by atoms with Gasteiger partial charge in [-0.25, -0.2) is 9.18 Å². The van der Waals surface area contributed by atoms with Gasteiger partial charge in [-0.3, -0.25) is 0 Å². The van der Waals surface area contributed by atoms with Crippen LogP contribution in [0.2, 0.25) is 0 Å². The van der Waals surface area contributed by atoms with Crippen molar-refractivity contribution in [1.29, 1.82) is 0 Å². The van der Waals surface area contributed by atoms with Crippen molar-refractivity contribution in [3.8, 4) is 5.75 Å². The summed E-state index contributed by atoms with van der Waals surface area (Å²) in [4.78, 5) is 13.8. The zero-order chi connectivity index (χ0) is 15.9. The summed E-state index contributed by atoms with van der Waals surface area (Å²) in [6.07, 6.45) is 2.31. The van der Waals surface area contributed by atoms with E-state index in [9.17, 15) is 9.18 Å². The molecule has 0 radical (unpaired) electrons. The first-order valence-electron chi connectivity index (χ1n) is 7.60. The number of amides is 2. The Hall–Kier alpha value is -1.82. The van der Waals surface area contributed by atoms with E-state index in [0.29, 0.717) is 32.0 Å². The first-order chi connectivity index (χ1) is 10.6. The van der Waals surface area contributed by atoms with E-state index in [1.165, 1.54) is 13.2 Å². The fourth-order valence-corrected chi connectivity index (χ4v) is 2.60. The van der Waals surface area contributed by atoms with Crippen molar-refractivity contribution >= 4 is 6.03 Å². The molecule has 0 aliphatic carbocycles. The molecule has 5 nitrogen and oxygen atoms in total. The number of nitrogens with zero attached hydrogens (tertiary/aromatic N) is 1. The molecule has 0 unspecified atom stereocenters. The number of nitrogens with one attached hydrogen (secondary N) is 1. The summed E-state index contributed by atoms with van der Waals surface area (Å²) in [6, 6.07) is 4.63. The summed E-state index contributed by atoms with van der Waals surface area (Å²) in [6.45, 7) is 2.05. The number of urea groups is 1. The van der Waals surface area contributed by atoms with E-state index in [1.807, 2.05) is 0 Å². The lowest BCUT2D eigenvalue weighted by atomic mass is 9.98. The highest BCUT2D eigenvalue weighted by Gasteiger charge is 2.21. The monoisotopic (exact) mass is 310 g/mol. The predicted octanol–water partition coefficient (Wildman–Crippen LogP) is 1.79. The molecule has 2 amide bonds. The number of carbonyl (C=O) groups excluding carboxylic acids is 1. The Morgan fingerprint density at radius 3 is 2.82 bits per heavy atom. The van der Waals surface area contributed by atoms with Gasteiger partial charge in [0.05, 0.1) is 7.11 Å². The van der Waals surface area contributed by atoms with Gasteiger partial charge in [0.25, 0.3) is 0 Å². The number of piperidine rings is 1. The highest BCUT2D eigenvalue weighted by molar-refractivity contribution is 5.74. The average molecular weight is 310 g/mol. The number of ether oxygens (including phenoxy) is 1. The number of aliphatic hydroxyl groups excluding tert-OH is 1. The van der Waals surface area contributed by atoms with E-state index in [1.54, 1.807) is 17.0 Å². The summed E-state index contributed by atoms with van der Waals surface area (Å²) in [5.41, 5.74) is 0.914. The molecule has 0 bridgehead atoms. The van der Waals surface area contributed by atoms with Gasteiger partial charge in [-0.15, -0.1) is 0 Å². The molecule has 1 fully saturated rings. The summed E-state index contributed by atoms with van der Waals surface area (Å²) in [7, 11) is 1.43. The normalized spacial score (nSPS) is 15.7. The van der Waals surface area contributed by atoms with Crippen LogP contribution in [0.15, 0.2) is 18.2 Å². The minimum absolute atomic E-state index is 0.0783. The Bertz CT molecular complexity index is 502. The van der Waals surface area contributed by atoms with Crippen molar-refractivity contribution in [3.63, 3.8) is 0 Å². The predicted molar refractivity (Wildman–Crippen MR) is 81.4 cm³/mol. The molecule has 1 aliphatic rings. The van der Waals surface area contributed by atoms with Gasteiger partial charge in [0.2, 0.25) is 0 Å². The molecule has 2 N–H and O–H groups in total. The van der Waals surface area contributed by atoms with Crippen LogP contribution in [0.4, 0.5) is 9.18 Å². The lowest BCUT2D eigenvalue weighted by Gasteiger charge is -2.31. The second-order valence-electron chi connectivity index (χ2n) is 5.56. The Balaban J connectivity index is 1.75. The van der Waals surface area contributed by atoms with Crippen LogP contribution >= 0.6 is 0 Å². The second kappa shape index (κ2) is 7.98. The summed E-state index contributed by atoms with van der Waals surface area (Å²) < 4.78 is 18.2. The molecular weight excluding hydrogens is 287 g/mol. The summed E-state index contributed by atoms with van der Waals surface area (Å²) >= 11 is 0. The van der Waals surface area contributed by atoms with Gasteiger partial charge in [-0.05, 0) is 42.9 Å². The molecular formula is C16H23FN2O3. The minimum Gasteiger partial charge on any atom is -0.494 e. The van der Waals surface area contributed by atoms with Crippen molar-refractivity contribution in [2.75, 3.05) is 33.4 Å². The van der Waals surface area contributed by atoms with Crippen LogP contribution in [0.3, 0.4) is 0 Å². The molecule has 0 saturated carbocycles. The standard InChI is InChI=1S/C16H23FN2O3/c1-22-15-10-12(2-3-14(15)17)4-7-18-16(21)19-8-5-13(11-20)6-9-19/h2-3,10,13,20H,4-9,11H2,1H3,(H,18,21). The topological polar surface area (TPSA) is 61.8 Å². The Morgan fingerprint density at radius 1 is 1.45 bits per heavy atom. The van der Waals surface area contributed by atoms with Gasteiger partial charge in [-0.1, -0.05) is 6.07 Å². The molecule has 22 heavy (non-hydrogen) atoms. The molecule has 6 heteroatoms. The van der Waals surface area contributed by atoms with Crippen LogP contribution < -0.4 is 10.1 Å². The molecule has 1 heterocycles. The van der Waals surface area contributed by atoms with Crippen LogP contribution in [-0.2, 0) is 6.42 Å². The van der Waals surface area contributed by atoms with Crippen LogP contribution in [0.1, 0.15) is 18.4 Å². The zero-order valence-electron chi connectivity index (χ0n) is 12.8. The van der Waals surface area contributed by atoms with E-state index < -0.39 is 0 Å². The first kappa shape index (κ1) is 16.5. The molecule has 2 rings (SSSR count). The fourth-order valence-electron chi connectivity index (χ4n) is 2.60. The third-order valence-electron chi connectivity index (χ3n) is 4.07. The number of methoxy groups -OCH3 is 1. The van der Waals surface area contributed by atoms with E-state index in [-0.39, 0.29) is 24.2 Å². The smallest absolute Gasteiger partial charge is 0.317 e. The maximum atomic E-state index is 13.3. The second-order valence-corrected chi connectivity index (χ2v) is 5.56. The van der Waals surface area contributed by atoms with Crippen LogP contribution in [0.5, 0.6) is 5.75 Å². The van der Waals surface area contributed by atoms with Crippen molar-refractivity contribution in [2.24, 2.45) is 5.92 Å². The molecule has 0 atom stereocenters. The molecule has 1 aromatic carbocycles. The van der Waals surface area contributed by atoms with Gasteiger partial charge in [-0.2, -0.15) is 0 Å². The van der Waals surface area contributed by atoms with Crippen LogP contribution in [0, 0.1) is 11.7 Å². The molecule has 0 aromatic heterocycles. The summed E-state index contributed by atoms with van der Waals surface area (Å²) in [5, 5.41) is 12.0. The zero-order valence-corrected chi connectivity index (χ0v) is 12.8. The number of rotatable bonds is 5. The van der Waals surface area contributed by atoms with Gasteiger partial charge < -0.3 is 20.1 Å². The number of hydrogen-bond acceptors (Lipinski definition) is 3. The van der Waals surface area contributed by atoms with E-state index in [4.69, 9.17) is 9.84 Å². The fraction of sp³-hybridized carbons (Fsp3) is 0.562. The largest absolute Gasteiger partial charge is 0.494 e. The average Bonchev–Trinajstić information content (AvgIpc) is 2.56. The van der Waals surface area contributed by atoms with Crippen LogP contribution in [0.25, 0.3) is 0 Å². The number of carbonyl (C=O) groups is 1. The van der Waals surface area contributed by atoms with Crippen molar-refractivity contribution in [1.82, 2.24) is 10.2 Å². The molecule has 1 saturated heterocycles. The summed E-state index contributed by atoms with van der Waals surface area (Å²) in [5.74, 6) is 0.146. The third-order valence-corrected chi connectivity index (χ3v) is 4.07. The SMILES string of the molecule is COc1cc(CCNC(=O)N2CCC(CO)CC2)ccc1F. The highest BCUT2D eigenvalue weighted by Crippen LogP contribution is 2.18. The van der Waals surface area contributed by atoms with Crippen molar-refractivity contribution in [2.45, 2.75) is 19.3 Å². The molecule has 1 aromatic rings. The molecule has 122 valence electrons. The van der Waals surface area contributed by atoms with Gasteiger partial charge in [0, 0.05) is 26.2 Å². The van der Waals surface area contributed by atoms with E-state index in [0.717, 1.165) is 18.4 Å². The number of halogens is 1. The van der Waals surface area contributed by atoms with Gasteiger partial charge in [0.15, 0.2) is 11.6 Å². The Kier molecular flexibility index (Phi) is 6.00. The Labute approximate surface area is 130 Å².